The Kier molecular flexibility index (Phi) is 4.65. The molecule has 0 radical (unpaired) electrons. The van der Waals surface area contributed by atoms with Crippen molar-refractivity contribution in [2.45, 2.75) is 11.1 Å². The van der Waals surface area contributed by atoms with Gasteiger partial charge in [0.1, 0.15) is 6.07 Å². The molecule has 0 aliphatic carbocycles. The Bertz CT molecular complexity index is 782. The number of nitriles is 1. The highest BCUT2D eigenvalue weighted by Crippen LogP contribution is 2.47. The van der Waals surface area contributed by atoms with Crippen molar-refractivity contribution >= 4 is 45.0 Å². The molecule has 1 aromatic heterocycles. The number of benzene rings is 1. The van der Waals surface area contributed by atoms with Crippen LogP contribution in [0.25, 0.3) is 11.3 Å². The van der Waals surface area contributed by atoms with E-state index in [1.54, 1.807) is 6.26 Å². The maximum Gasteiger partial charge on any atom is 0.418 e. The van der Waals surface area contributed by atoms with Crippen LogP contribution in [0.15, 0.2) is 15.4 Å². The molecule has 4 nitrogen and oxygen atoms in total. The van der Waals surface area contributed by atoms with Crippen LogP contribution in [-0.4, -0.2) is 16.5 Å². The predicted molar refractivity (Wildman–Crippen MR) is 82.6 cm³/mol. The molecule has 1 heterocycles. The maximum atomic E-state index is 12.9. The molecule has 3 N–H and O–H groups in total. The number of rotatable bonds is 2. The summed E-state index contributed by atoms with van der Waals surface area (Å²) in [4.78, 5) is 0.476. The molecule has 2 rings (SSSR count). The van der Waals surface area contributed by atoms with Gasteiger partial charge in [-0.05, 0) is 12.3 Å². The number of aromatic amines is 1. The number of hydrogen-bond donors (Lipinski definition) is 2. The molecule has 2 aromatic rings. The van der Waals surface area contributed by atoms with Crippen molar-refractivity contribution in [3.63, 3.8) is 0 Å². The zero-order valence-electron chi connectivity index (χ0n) is 10.8. The Morgan fingerprint density at radius 2 is 2.14 bits per heavy atom. The van der Waals surface area contributed by atoms with Crippen molar-refractivity contribution in [2.24, 2.45) is 0 Å². The summed E-state index contributed by atoms with van der Waals surface area (Å²) in [6.07, 6.45) is -2.91. The van der Waals surface area contributed by atoms with Gasteiger partial charge in [0, 0.05) is 10.0 Å². The van der Waals surface area contributed by atoms with E-state index < -0.39 is 17.4 Å². The number of halogens is 5. The summed E-state index contributed by atoms with van der Waals surface area (Å²) in [6.45, 7) is 0. The average Bonchev–Trinajstić information content (AvgIpc) is 2.84. The molecule has 0 unspecified atom stereocenters. The van der Waals surface area contributed by atoms with Crippen molar-refractivity contribution < 1.29 is 13.2 Å². The summed E-state index contributed by atoms with van der Waals surface area (Å²) < 4.78 is 38.9. The van der Waals surface area contributed by atoms with Crippen LogP contribution in [0.2, 0.25) is 5.02 Å². The molecular weight excluding hydrogens is 405 g/mol. The molecule has 0 fully saturated rings. The normalized spacial score (nSPS) is 11.5. The van der Waals surface area contributed by atoms with Crippen molar-refractivity contribution in [1.82, 2.24) is 10.2 Å². The number of H-pyrrole nitrogens is 1. The summed E-state index contributed by atoms with van der Waals surface area (Å²) in [5.41, 5.74) is 4.61. The summed E-state index contributed by atoms with van der Waals surface area (Å²) in [7, 11) is 0. The molecule has 0 atom stereocenters. The van der Waals surface area contributed by atoms with E-state index in [1.165, 1.54) is 11.8 Å². The third kappa shape index (κ3) is 2.78. The highest BCUT2D eigenvalue weighted by atomic mass is 79.9. The van der Waals surface area contributed by atoms with Gasteiger partial charge in [0.05, 0.1) is 26.9 Å². The maximum absolute atomic E-state index is 12.9. The van der Waals surface area contributed by atoms with Gasteiger partial charge in [-0.15, -0.1) is 11.8 Å². The molecule has 0 spiro atoms. The first-order chi connectivity index (χ1) is 10.2. The number of nitrogen functional groups attached to an aromatic ring is 1. The smallest absolute Gasteiger partial charge is 0.397 e. The van der Waals surface area contributed by atoms with Gasteiger partial charge in [0.15, 0.2) is 5.69 Å². The van der Waals surface area contributed by atoms with Gasteiger partial charge in [-0.2, -0.15) is 23.5 Å². The fourth-order valence-electron chi connectivity index (χ4n) is 1.87. The Morgan fingerprint density at radius 1 is 1.50 bits per heavy atom. The second-order valence-electron chi connectivity index (χ2n) is 4.10. The number of nitrogens with one attached hydrogen (secondary N) is 1. The molecule has 0 bridgehead atoms. The Balaban J connectivity index is 2.77. The third-order valence-corrected chi connectivity index (χ3v) is 4.67. The van der Waals surface area contributed by atoms with E-state index in [0.717, 1.165) is 6.07 Å². The highest BCUT2D eigenvalue weighted by Gasteiger charge is 2.36. The van der Waals surface area contributed by atoms with Crippen molar-refractivity contribution in [2.75, 3.05) is 12.0 Å². The standard InChI is InChI=1S/C12H7BrClF3N4S/c1-22-11-6(3-18)20-21-10(11)7-5(13)2-4(12(15,16)17)9(19)8(7)14/h2H,19H2,1H3,(H,20,21). The second-order valence-corrected chi connectivity index (χ2v) is 6.15. The first-order valence-electron chi connectivity index (χ1n) is 5.59. The number of alkyl halides is 3. The first kappa shape index (κ1) is 17.0. The Hall–Kier alpha value is -1.37. The Labute approximate surface area is 141 Å². The molecule has 22 heavy (non-hydrogen) atoms. The van der Waals surface area contributed by atoms with E-state index in [1.807, 2.05) is 6.07 Å². The van der Waals surface area contributed by atoms with Crippen molar-refractivity contribution in [1.29, 1.82) is 5.26 Å². The van der Waals surface area contributed by atoms with Crippen LogP contribution in [0.3, 0.4) is 0 Å². The van der Waals surface area contributed by atoms with E-state index >= 15 is 0 Å². The number of hydrogen-bond acceptors (Lipinski definition) is 4. The summed E-state index contributed by atoms with van der Waals surface area (Å²) >= 11 is 10.3. The van der Waals surface area contributed by atoms with E-state index in [-0.39, 0.29) is 20.8 Å². The van der Waals surface area contributed by atoms with Crippen molar-refractivity contribution in [3.8, 4) is 17.3 Å². The number of anilines is 1. The molecule has 116 valence electrons. The molecular formula is C12H7BrClF3N4S. The summed E-state index contributed by atoms with van der Waals surface area (Å²) in [6, 6.07) is 2.75. The van der Waals surface area contributed by atoms with Crippen LogP contribution in [0.4, 0.5) is 18.9 Å². The second kappa shape index (κ2) is 6.02. The topological polar surface area (TPSA) is 78.5 Å². The van der Waals surface area contributed by atoms with Gasteiger partial charge < -0.3 is 5.73 Å². The SMILES string of the molecule is CSc1c(C#N)n[nH]c1-c1c(Br)cc(C(F)(F)F)c(N)c1Cl. The van der Waals surface area contributed by atoms with Crippen LogP contribution in [-0.2, 0) is 6.18 Å². The fourth-order valence-corrected chi connectivity index (χ4v) is 3.55. The lowest BCUT2D eigenvalue weighted by Gasteiger charge is -2.16. The quantitative estimate of drug-likeness (QED) is 0.555. The summed E-state index contributed by atoms with van der Waals surface area (Å²) in [5, 5.41) is 15.2. The Morgan fingerprint density at radius 3 is 2.64 bits per heavy atom. The van der Waals surface area contributed by atoms with Gasteiger partial charge in [-0.25, -0.2) is 0 Å². The molecule has 0 amide bonds. The van der Waals surface area contributed by atoms with Gasteiger partial charge in [0.2, 0.25) is 0 Å². The fraction of sp³-hybridized carbons (Fsp3) is 0.167. The number of thioether (sulfide) groups is 1. The summed E-state index contributed by atoms with van der Waals surface area (Å²) in [5.74, 6) is 0. The zero-order valence-corrected chi connectivity index (χ0v) is 14.0. The largest absolute Gasteiger partial charge is 0.418 e. The molecule has 0 saturated heterocycles. The molecule has 0 saturated carbocycles. The minimum Gasteiger partial charge on any atom is -0.397 e. The van der Waals surface area contributed by atoms with E-state index in [0.29, 0.717) is 10.6 Å². The molecule has 0 aliphatic rings. The van der Waals surface area contributed by atoms with Crippen LogP contribution in [0.5, 0.6) is 0 Å². The van der Waals surface area contributed by atoms with Gasteiger partial charge in [-0.1, -0.05) is 27.5 Å². The minimum atomic E-state index is -4.62. The first-order valence-corrected chi connectivity index (χ1v) is 7.99. The van der Waals surface area contributed by atoms with Crippen LogP contribution in [0, 0.1) is 11.3 Å². The van der Waals surface area contributed by atoms with Gasteiger partial charge in [-0.3, -0.25) is 5.10 Å². The average molecular weight is 412 g/mol. The van der Waals surface area contributed by atoms with E-state index in [9.17, 15) is 13.2 Å². The van der Waals surface area contributed by atoms with Crippen molar-refractivity contribution in [3.05, 3.63) is 26.8 Å². The minimum absolute atomic E-state index is 0.0995. The zero-order chi connectivity index (χ0) is 16.7. The number of aromatic nitrogens is 2. The molecule has 10 heteroatoms. The van der Waals surface area contributed by atoms with Crippen LogP contribution < -0.4 is 5.73 Å². The monoisotopic (exact) mass is 410 g/mol. The third-order valence-electron chi connectivity index (χ3n) is 2.84. The van der Waals surface area contributed by atoms with Crippen LogP contribution >= 0.6 is 39.3 Å². The molecule has 1 aromatic carbocycles. The lowest BCUT2D eigenvalue weighted by atomic mass is 10.1. The van der Waals surface area contributed by atoms with E-state index in [4.69, 9.17) is 22.6 Å². The number of nitrogens with zero attached hydrogens (tertiary/aromatic N) is 2. The highest BCUT2D eigenvalue weighted by molar-refractivity contribution is 9.10. The van der Waals surface area contributed by atoms with Gasteiger partial charge in [0.25, 0.3) is 0 Å². The molecule has 0 aliphatic heterocycles. The lowest BCUT2D eigenvalue weighted by molar-refractivity contribution is -0.136. The van der Waals surface area contributed by atoms with Crippen LogP contribution in [0.1, 0.15) is 11.3 Å². The predicted octanol–water partition coefficient (Wildman–Crippen LogP) is 4.69. The lowest BCUT2D eigenvalue weighted by Crippen LogP contribution is -2.10. The van der Waals surface area contributed by atoms with E-state index in [2.05, 4.69) is 26.1 Å². The van der Waals surface area contributed by atoms with Gasteiger partial charge >= 0.3 is 6.18 Å². The number of nitrogens with two attached hydrogens (primary N) is 1.